The molecule has 2 aromatic rings. The van der Waals surface area contributed by atoms with E-state index >= 15 is 0 Å². The Balaban J connectivity index is 1.65. The lowest BCUT2D eigenvalue weighted by Crippen LogP contribution is -2.35. The molecule has 1 N–H and O–H groups in total. The first kappa shape index (κ1) is 15.6. The van der Waals surface area contributed by atoms with Crippen molar-refractivity contribution in [2.75, 3.05) is 7.05 Å². The number of carbonyl (C=O) groups is 1. The van der Waals surface area contributed by atoms with Gasteiger partial charge in [-0.05, 0) is 6.92 Å². The topological polar surface area (TPSA) is 66.8 Å². The molecule has 0 saturated carbocycles. The summed E-state index contributed by atoms with van der Waals surface area (Å²) in [7, 11) is 1.80. The first-order chi connectivity index (χ1) is 11.1. The second-order valence-corrected chi connectivity index (χ2v) is 6.42. The number of rotatable bonds is 5. The lowest BCUT2D eigenvalue weighted by atomic mass is 10.1. The Bertz CT molecular complexity index is 702. The van der Waals surface area contributed by atoms with Crippen LogP contribution in [0.5, 0.6) is 0 Å². The molecule has 1 aromatic carbocycles. The molecule has 120 valence electrons. The molecule has 1 unspecified atom stereocenters. The second kappa shape index (κ2) is 6.47. The maximum atomic E-state index is 12.1. The van der Waals surface area contributed by atoms with E-state index in [1.165, 1.54) is 11.3 Å². The van der Waals surface area contributed by atoms with Gasteiger partial charge in [0.05, 0.1) is 13.0 Å². The van der Waals surface area contributed by atoms with Crippen molar-refractivity contribution in [3.8, 4) is 0 Å². The number of hydrogen-bond donors (Lipinski definition) is 1. The quantitative estimate of drug-likeness (QED) is 0.912. The zero-order chi connectivity index (χ0) is 16.3. The number of carbonyl (C=O) groups excluding carboxylic acids is 1. The van der Waals surface area contributed by atoms with Crippen LogP contribution in [0.1, 0.15) is 23.9 Å². The average Bonchev–Trinajstić information content (AvgIpc) is 3.14. The van der Waals surface area contributed by atoms with Crippen molar-refractivity contribution in [2.24, 2.45) is 4.99 Å². The summed E-state index contributed by atoms with van der Waals surface area (Å²) >= 11 is 1.51. The van der Waals surface area contributed by atoms with Gasteiger partial charge >= 0.3 is 0 Å². The van der Waals surface area contributed by atoms with E-state index in [2.05, 4.69) is 15.3 Å². The third-order valence-corrected chi connectivity index (χ3v) is 4.19. The van der Waals surface area contributed by atoms with Crippen LogP contribution in [-0.2, 0) is 16.2 Å². The van der Waals surface area contributed by atoms with E-state index in [-0.39, 0.29) is 12.3 Å². The summed E-state index contributed by atoms with van der Waals surface area (Å²) in [5, 5.41) is 7.22. The predicted molar refractivity (Wildman–Crippen MR) is 88.8 cm³/mol. The number of hydroxylamine groups is 2. The normalized spacial score (nSPS) is 20.4. The van der Waals surface area contributed by atoms with Gasteiger partial charge in [-0.15, -0.1) is 11.3 Å². The highest BCUT2D eigenvalue weighted by Crippen LogP contribution is 2.27. The van der Waals surface area contributed by atoms with Gasteiger partial charge in [0.1, 0.15) is 5.01 Å². The van der Waals surface area contributed by atoms with E-state index in [1.807, 2.05) is 42.6 Å². The van der Waals surface area contributed by atoms with Gasteiger partial charge in [0.15, 0.2) is 11.6 Å². The van der Waals surface area contributed by atoms with Gasteiger partial charge in [0, 0.05) is 24.2 Å². The molecule has 1 atom stereocenters. The van der Waals surface area contributed by atoms with Gasteiger partial charge in [-0.1, -0.05) is 30.3 Å². The third-order valence-electron chi connectivity index (χ3n) is 3.42. The predicted octanol–water partition coefficient (Wildman–Crippen LogP) is 2.19. The molecule has 3 rings (SSSR count). The van der Waals surface area contributed by atoms with Gasteiger partial charge in [-0.25, -0.2) is 19.9 Å². The highest BCUT2D eigenvalue weighted by atomic mass is 32.1. The van der Waals surface area contributed by atoms with Crippen LogP contribution >= 0.6 is 11.3 Å². The van der Waals surface area contributed by atoms with Crippen molar-refractivity contribution in [3.63, 3.8) is 0 Å². The molecule has 23 heavy (non-hydrogen) atoms. The molecule has 0 spiro atoms. The van der Waals surface area contributed by atoms with Crippen LogP contribution in [0, 0.1) is 0 Å². The summed E-state index contributed by atoms with van der Waals surface area (Å²) in [4.78, 5) is 26.7. The zero-order valence-corrected chi connectivity index (χ0v) is 13.8. The van der Waals surface area contributed by atoms with Crippen molar-refractivity contribution in [1.82, 2.24) is 15.4 Å². The minimum absolute atomic E-state index is 0.117. The van der Waals surface area contributed by atoms with E-state index in [9.17, 15) is 4.79 Å². The van der Waals surface area contributed by atoms with Crippen LogP contribution < -0.4 is 5.32 Å². The second-order valence-electron chi connectivity index (χ2n) is 5.44. The summed E-state index contributed by atoms with van der Waals surface area (Å²) in [5.74, 6) is 0.606. The SMILES string of the molecule is CN1OC(C)(CC(=O)NCc2nccs2)N=C1c1ccccc1. The standard InChI is InChI=1S/C16H18N4O2S/c1-16(10-13(21)18-11-14-17-8-9-23-14)19-15(20(2)22-16)12-6-4-3-5-7-12/h3-9H,10-11H2,1-2H3,(H,18,21). The molecule has 1 amide bonds. The number of aromatic nitrogens is 1. The Morgan fingerprint density at radius 2 is 2.17 bits per heavy atom. The number of thiazole rings is 1. The fraction of sp³-hybridized carbons (Fsp3) is 0.312. The minimum atomic E-state index is -0.896. The number of amidine groups is 1. The third kappa shape index (κ3) is 3.75. The minimum Gasteiger partial charge on any atom is -0.349 e. The van der Waals surface area contributed by atoms with Crippen molar-refractivity contribution in [3.05, 3.63) is 52.5 Å². The molecular weight excluding hydrogens is 312 g/mol. The Kier molecular flexibility index (Phi) is 4.40. The van der Waals surface area contributed by atoms with Crippen LogP contribution in [0.15, 0.2) is 46.9 Å². The smallest absolute Gasteiger partial charge is 0.225 e. The van der Waals surface area contributed by atoms with E-state index in [0.717, 1.165) is 16.4 Å². The average molecular weight is 330 g/mol. The Morgan fingerprint density at radius 3 is 2.87 bits per heavy atom. The van der Waals surface area contributed by atoms with Gasteiger partial charge in [0.2, 0.25) is 5.91 Å². The van der Waals surface area contributed by atoms with Crippen LogP contribution in [0.2, 0.25) is 0 Å². The van der Waals surface area contributed by atoms with E-state index < -0.39 is 5.72 Å². The largest absolute Gasteiger partial charge is 0.349 e. The highest BCUT2D eigenvalue weighted by molar-refractivity contribution is 7.09. The summed E-state index contributed by atoms with van der Waals surface area (Å²) in [6.45, 7) is 2.24. The molecule has 0 bridgehead atoms. The number of nitrogens with zero attached hydrogens (tertiary/aromatic N) is 3. The number of benzene rings is 1. The Hall–Kier alpha value is -2.25. The van der Waals surface area contributed by atoms with E-state index in [0.29, 0.717) is 6.54 Å². The Labute approximate surface area is 138 Å². The van der Waals surface area contributed by atoms with Crippen molar-refractivity contribution >= 4 is 23.1 Å². The zero-order valence-electron chi connectivity index (χ0n) is 13.0. The lowest BCUT2D eigenvalue weighted by Gasteiger charge is -2.21. The highest BCUT2D eigenvalue weighted by Gasteiger charge is 2.37. The first-order valence-corrected chi connectivity index (χ1v) is 8.17. The lowest BCUT2D eigenvalue weighted by molar-refractivity contribution is -0.166. The van der Waals surface area contributed by atoms with Gasteiger partial charge in [-0.2, -0.15) is 0 Å². The maximum absolute atomic E-state index is 12.1. The maximum Gasteiger partial charge on any atom is 0.225 e. The van der Waals surface area contributed by atoms with Crippen molar-refractivity contribution in [2.45, 2.75) is 25.6 Å². The number of nitrogens with one attached hydrogen (secondary N) is 1. The van der Waals surface area contributed by atoms with Gasteiger partial charge in [-0.3, -0.25) is 4.79 Å². The summed E-state index contributed by atoms with van der Waals surface area (Å²) < 4.78 is 0. The number of hydrogen-bond acceptors (Lipinski definition) is 6. The van der Waals surface area contributed by atoms with Crippen molar-refractivity contribution in [1.29, 1.82) is 0 Å². The van der Waals surface area contributed by atoms with Crippen LogP contribution in [0.25, 0.3) is 0 Å². The van der Waals surface area contributed by atoms with E-state index in [4.69, 9.17) is 4.84 Å². The van der Waals surface area contributed by atoms with E-state index in [1.54, 1.807) is 18.3 Å². The molecule has 0 aliphatic carbocycles. The molecule has 0 fully saturated rings. The molecule has 7 heteroatoms. The molecule has 6 nitrogen and oxygen atoms in total. The summed E-state index contributed by atoms with van der Waals surface area (Å²) in [5.41, 5.74) is 0.0642. The molecule has 0 saturated heterocycles. The van der Waals surface area contributed by atoms with Crippen LogP contribution in [0.4, 0.5) is 0 Å². The summed E-state index contributed by atoms with van der Waals surface area (Å²) in [6.07, 6.45) is 1.87. The molecule has 1 aliphatic heterocycles. The van der Waals surface area contributed by atoms with Crippen molar-refractivity contribution < 1.29 is 9.63 Å². The van der Waals surface area contributed by atoms with Gasteiger partial charge < -0.3 is 5.32 Å². The molecule has 1 aromatic heterocycles. The first-order valence-electron chi connectivity index (χ1n) is 7.29. The fourth-order valence-electron chi connectivity index (χ4n) is 2.43. The number of amides is 1. The molecule has 0 radical (unpaired) electrons. The molecule has 1 aliphatic rings. The monoisotopic (exact) mass is 330 g/mol. The van der Waals surface area contributed by atoms with Crippen LogP contribution in [-0.4, -0.2) is 34.6 Å². The van der Waals surface area contributed by atoms with Gasteiger partial charge in [0.25, 0.3) is 0 Å². The summed E-state index contributed by atoms with van der Waals surface area (Å²) in [6, 6.07) is 9.77. The molecule has 2 heterocycles. The fourth-order valence-corrected chi connectivity index (χ4v) is 2.99. The number of aliphatic imine (C=N–C) groups is 1. The Morgan fingerprint density at radius 1 is 1.39 bits per heavy atom. The molecular formula is C16H18N4O2S. The van der Waals surface area contributed by atoms with Crippen LogP contribution in [0.3, 0.4) is 0 Å².